The Morgan fingerprint density at radius 1 is 1.40 bits per heavy atom. The zero-order valence-electron chi connectivity index (χ0n) is 11.9. The molecule has 2 aromatic heterocycles. The minimum Gasteiger partial charge on any atom is -0.346 e. The fourth-order valence-electron chi connectivity index (χ4n) is 2.03. The van der Waals surface area contributed by atoms with E-state index in [1.54, 1.807) is 0 Å². The summed E-state index contributed by atoms with van der Waals surface area (Å²) in [5.41, 5.74) is 6.32. The molecule has 0 aliphatic heterocycles. The lowest BCUT2D eigenvalue weighted by Crippen LogP contribution is -2.28. The number of hydrogen-bond donors (Lipinski definition) is 2. The fourth-order valence-corrected chi connectivity index (χ4v) is 2.03. The number of nitrogens with two attached hydrogens (primary N) is 1. The third kappa shape index (κ3) is 3.33. The fraction of sp³-hybridized carbons (Fsp3) is 0.500. The van der Waals surface area contributed by atoms with Gasteiger partial charge in [0.05, 0.1) is 6.04 Å². The minimum absolute atomic E-state index is 0.0190. The Kier molecular flexibility index (Phi) is 4.68. The number of rotatable bonds is 6. The first-order valence-corrected chi connectivity index (χ1v) is 6.91. The topological polar surface area (TPSA) is 85.3 Å². The van der Waals surface area contributed by atoms with Gasteiger partial charge < -0.3 is 11.1 Å². The third-order valence-corrected chi connectivity index (χ3v) is 3.37. The summed E-state index contributed by atoms with van der Waals surface area (Å²) < 4.78 is 1.88. The summed E-state index contributed by atoms with van der Waals surface area (Å²) in [6.07, 6.45) is 3.18. The van der Waals surface area contributed by atoms with Crippen LogP contribution in [0.2, 0.25) is 0 Å². The van der Waals surface area contributed by atoms with Crippen LogP contribution in [0.15, 0.2) is 24.4 Å². The summed E-state index contributed by atoms with van der Waals surface area (Å²) in [6.45, 7) is 4.56. The first-order chi connectivity index (χ1) is 9.61. The number of nitrogens with one attached hydrogen (secondary N) is 1. The molecule has 0 aliphatic rings. The Morgan fingerprint density at radius 2 is 2.20 bits per heavy atom. The highest BCUT2D eigenvalue weighted by atomic mass is 16.1. The summed E-state index contributed by atoms with van der Waals surface area (Å²) in [4.78, 5) is 11.9. The van der Waals surface area contributed by atoms with Crippen molar-refractivity contribution in [2.24, 2.45) is 11.7 Å². The van der Waals surface area contributed by atoms with Crippen molar-refractivity contribution in [3.63, 3.8) is 0 Å². The normalized spacial score (nSPS) is 14.2. The second kappa shape index (κ2) is 6.47. The average molecular weight is 275 g/mol. The summed E-state index contributed by atoms with van der Waals surface area (Å²) >= 11 is 0. The van der Waals surface area contributed by atoms with E-state index in [0.29, 0.717) is 18.9 Å². The lowest BCUT2D eigenvalue weighted by atomic mass is 10.1. The Hall–Kier alpha value is -1.95. The van der Waals surface area contributed by atoms with Gasteiger partial charge in [0, 0.05) is 12.6 Å². The SMILES string of the molecule is CC(CN)CCC(=O)NC(C)c1nnc2ccccn12. The minimum atomic E-state index is -0.173. The molecule has 0 aromatic carbocycles. The molecule has 0 radical (unpaired) electrons. The predicted octanol–water partition coefficient (Wildman–Crippen LogP) is 1.28. The standard InChI is InChI=1S/C14H21N5O/c1-10(9-15)6-7-13(20)16-11(2)14-18-17-12-5-3-4-8-19(12)14/h3-5,8,10-11H,6-7,9,15H2,1-2H3,(H,16,20). The number of hydrogen-bond acceptors (Lipinski definition) is 4. The highest BCUT2D eigenvalue weighted by Crippen LogP contribution is 2.12. The van der Waals surface area contributed by atoms with Gasteiger partial charge in [0.1, 0.15) is 0 Å². The maximum absolute atomic E-state index is 11.9. The van der Waals surface area contributed by atoms with Crippen LogP contribution in [0.25, 0.3) is 5.65 Å². The molecule has 2 rings (SSSR count). The van der Waals surface area contributed by atoms with Crippen molar-refractivity contribution in [2.75, 3.05) is 6.54 Å². The van der Waals surface area contributed by atoms with Crippen molar-refractivity contribution in [1.29, 1.82) is 0 Å². The van der Waals surface area contributed by atoms with Crippen molar-refractivity contribution >= 4 is 11.6 Å². The molecule has 0 saturated carbocycles. The summed E-state index contributed by atoms with van der Waals surface area (Å²) in [6, 6.07) is 5.53. The molecule has 1 amide bonds. The molecule has 0 aliphatic carbocycles. The summed E-state index contributed by atoms with van der Waals surface area (Å²) in [5.74, 6) is 1.12. The zero-order valence-corrected chi connectivity index (χ0v) is 11.9. The van der Waals surface area contributed by atoms with Crippen LogP contribution in [-0.2, 0) is 4.79 Å². The quantitative estimate of drug-likeness (QED) is 0.831. The van der Waals surface area contributed by atoms with E-state index in [2.05, 4.69) is 15.5 Å². The van der Waals surface area contributed by atoms with E-state index in [0.717, 1.165) is 17.9 Å². The van der Waals surface area contributed by atoms with Crippen LogP contribution < -0.4 is 11.1 Å². The zero-order chi connectivity index (χ0) is 14.5. The molecule has 0 spiro atoms. The molecular formula is C14H21N5O. The molecule has 2 aromatic rings. The van der Waals surface area contributed by atoms with Gasteiger partial charge in [-0.25, -0.2) is 0 Å². The van der Waals surface area contributed by atoms with E-state index >= 15 is 0 Å². The van der Waals surface area contributed by atoms with Crippen LogP contribution in [0.1, 0.15) is 38.6 Å². The molecule has 0 saturated heterocycles. The van der Waals surface area contributed by atoms with Crippen LogP contribution in [0, 0.1) is 5.92 Å². The van der Waals surface area contributed by atoms with E-state index in [9.17, 15) is 4.79 Å². The molecule has 3 N–H and O–H groups in total. The van der Waals surface area contributed by atoms with Crippen LogP contribution >= 0.6 is 0 Å². The second-order valence-electron chi connectivity index (χ2n) is 5.16. The van der Waals surface area contributed by atoms with Gasteiger partial charge in [-0.3, -0.25) is 9.20 Å². The lowest BCUT2D eigenvalue weighted by molar-refractivity contribution is -0.122. The van der Waals surface area contributed by atoms with Crippen molar-refractivity contribution in [2.45, 2.75) is 32.7 Å². The van der Waals surface area contributed by atoms with Crippen LogP contribution in [0.4, 0.5) is 0 Å². The monoisotopic (exact) mass is 275 g/mol. The number of nitrogens with zero attached hydrogens (tertiary/aromatic N) is 3. The van der Waals surface area contributed by atoms with Crippen LogP contribution in [0.3, 0.4) is 0 Å². The Bertz CT molecular complexity index is 580. The number of aromatic nitrogens is 3. The van der Waals surface area contributed by atoms with Crippen molar-refractivity contribution in [1.82, 2.24) is 19.9 Å². The summed E-state index contributed by atoms with van der Waals surface area (Å²) in [5, 5.41) is 11.2. The van der Waals surface area contributed by atoms with Crippen molar-refractivity contribution in [3.05, 3.63) is 30.2 Å². The molecule has 6 heteroatoms. The molecule has 2 heterocycles. The first kappa shape index (κ1) is 14.5. The van der Waals surface area contributed by atoms with Gasteiger partial charge in [-0.05, 0) is 37.9 Å². The number of carbonyl (C=O) groups is 1. The molecule has 0 bridgehead atoms. The van der Waals surface area contributed by atoms with Crippen molar-refractivity contribution in [3.8, 4) is 0 Å². The third-order valence-electron chi connectivity index (χ3n) is 3.37. The van der Waals surface area contributed by atoms with Crippen LogP contribution in [-0.4, -0.2) is 27.0 Å². The maximum Gasteiger partial charge on any atom is 0.220 e. The largest absolute Gasteiger partial charge is 0.346 e. The predicted molar refractivity (Wildman–Crippen MR) is 77.0 cm³/mol. The van der Waals surface area contributed by atoms with E-state index in [1.807, 2.05) is 42.6 Å². The maximum atomic E-state index is 11.9. The van der Waals surface area contributed by atoms with Gasteiger partial charge >= 0.3 is 0 Å². The van der Waals surface area contributed by atoms with Gasteiger partial charge in [0.25, 0.3) is 0 Å². The highest BCUT2D eigenvalue weighted by molar-refractivity contribution is 5.76. The first-order valence-electron chi connectivity index (χ1n) is 6.91. The number of fused-ring (bicyclic) bond motifs is 1. The van der Waals surface area contributed by atoms with Gasteiger partial charge in [0.2, 0.25) is 5.91 Å². The van der Waals surface area contributed by atoms with Gasteiger partial charge in [0.15, 0.2) is 11.5 Å². The van der Waals surface area contributed by atoms with Gasteiger partial charge in [-0.2, -0.15) is 0 Å². The smallest absolute Gasteiger partial charge is 0.220 e. The number of pyridine rings is 1. The molecule has 2 atom stereocenters. The van der Waals surface area contributed by atoms with Gasteiger partial charge in [-0.15, -0.1) is 10.2 Å². The average Bonchev–Trinajstić information content (AvgIpc) is 2.88. The van der Waals surface area contributed by atoms with E-state index in [4.69, 9.17) is 5.73 Å². The highest BCUT2D eigenvalue weighted by Gasteiger charge is 2.15. The molecule has 2 unspecified atom stereocenters. The number of amides is 1. The van der Waals surface area contributed by atoms with Gasteiger partial charge in [-0.1, -0.05) is 13.0 Å². The molecule has 0 fully saturated rings. The molecule has 6 nitrogen and oxygen atoms in total. The molecule has 108 valence electrons. The Labute approximate surface area is 118 Å². The number of carbonyl (C=O) groups excluding carboxylic acids is 1. The lowest BCUT2D eigenvalue weighted by Gasteiger charge is -2.13. The molecular weight excluding hydrogens is 254 g/mol. The van der Waals surface area contributed by atoms with Crippen LogP contribution in [0.5, 0.6) is 0 Å². The Balaban J connectivity index is 1.98. The second-order valence-corrected chi connectivity index (χ2v) is 5.16. The molecule has 20 heavy (non-hydrogen) atoms. The summed E-state index contributed by atoms with van der Waals surface area (Å²) in [7, 11) is 0. The van der Waals surface area contributed by atoms with E-state index in [-0.39, 0.29) is 11.9 Å². The Morgan fingerprint density at radius 3 is 2.95 bits per heavy atom. The van der Waals surface area contributed by atoms with E-state index < -0.39 is 0 Å². The van der Waals surface area contributed by atoms with Crippen molar-refractivity contribution < 1.29 is 4.79 Å². The van der Waals surface area contributed by atoms with E-state index in [1.165, 1.54) is 0 Å².